The van der Waals surface area contributed by atoms with Gasteiger partial charge in [0.05, 0.1) is 19.8 Å². The number of hydrogen-bond acceptors (Lipinski definition) is 10. The van der Waals surface area contributed by atoms with E-state index in [0.29, 0.717) is 19.3 Å². The summed E-state index contributed by atoms with van der Waals surface area (Å²) in [5.74, 6) is -1.55. The van der Waals surface area contributed by atoms with E-state index in [1.165, 1.54) is 96.3 Å². The number of rotatable bonds is 58. The minimum Gasteiger partial charge on any atom is -0.462 e. The lowest BCUT2D eigenvalue weighted by Crippen LogP contribution is -2.30. The number of unbranched alkanes of at least 4 members (excludes halogenated alkanes) is 23. The van der Waals surface area contributed by atoms with Crippen LogP contribution in [0.25, 0.3) is 0 Å². The number of carbonyl (C=O) groups excluding carboxylic acids is 3. The van der Waals surface area contributed by atoms with E-state index in [1.807, 2.05) is 0 Å². The van der Waals surface area contributed by atoms with E-state index in [1.54, 1.807) is 0 Å². The van der Waals surface area contributed by atoms with Gasteiger partial charge in [-0.25, -0.2) is 4.57 Å². The van der Waals surface area contributed by atoms with E-state index >= 15 is 0 Å². The Morgan fingerprint density at radius 1 is 0.362 bits per heavy atom. The maximum absolute atomic E-state index is 12.9. The maximum Gasteiger partial charge on any atom is 0.472 e. The van der Waals surface area contributed by atoms with Crippen molar-refractivity contribution in [1.82, 2.24) is 0 Å². The molecule has 12 heteroatoms. The molecule has 458 valence electrons. The Balaban J connectivity index is 4.76. The molecule has 0 rings (SSSR count). The number of phosphoric acid groups is 1. The summed E-state index contributed by atoms with van der Waals surface area (Å²) in [6, 6.07) is 0. The average molecular weight is 1140 g/mol. The summed E-state index contributed by atoms with van der Waals surface area (Å²) in [5, 5.41) is 9.86. The van der Waals surface area contributed by atoms with Gasteiger partial charge in [0, 0.05) is 19.3 Å². The molecule has 3 atom stereocenters. The van der Waals surface area contributed by atoms with Gasteiger partial charge in [-0.3, -0.25) is 23.4 Å². The van der Waals surface area contributed by atoms with Crippen molar-refractivity contribution in [2.75, 3.05) is 26.4 Å². The predicted molar refractivity (Wildman–Crippen MR) is 334 cm³/mol. The van der Waals surface area contributed by atoms with Gasteiger partial charge in [0.25, 0.3) is 0 Å². The summed E-state index contributed by atoms with van der Waals surface area (Å²) in [5.41, 5.74) is 0. The monoisotopic (exact) mass is 1140 g/mol. The third-order valence-corrected chi connectivity index (χ3v) is 14.1. The maximum atomic E-state index is 12.9. The molecule has 3 unspecified atom stereocenters. The first-order chi connectivity index (χ1) is 39.2. The zero-order chi connectivity index (χ0) is 58.3. The van der Waals surface area contributed by atoms with Gasteiger partial charge < -0.3 is 24.2 Å². The summed E-state index contributed by atoms with van der Waals surface area (Å²) in [6.07, 6.45) is 74.8. The number of esters is 3. The highest BCUT2D eigenvalue weighted by atomic mass is 31.2. The molecule has 0 heterocycles. The molecule has 0 fully saturated rings. The fourth-order valence-corrected chi connectivity index (χ4v) is 9.22. The van der Waals surface area contributed by atoms with Crippen LogP contribution in [0.3, 0.4) is 0 Å². The van der Waals surface area contributed by atoms with E-state index in [0.717, 1.165) is 109 Å². The first kappa shape index (κ1) is 76.1. The van der Waals surface area contributed by atoms with Crippen molar-refractivity contribution < 1.29 is 52.2 Å². The molecule has 0 aromatic heterocycles. The Labute approximate surface area is 488 Å². The molecule has 0 bridgehead atoms. The van der Waals surface area contributed by atoms with E-state index < -0.39 is 57.8 Å². The third kappa shape index (κ3) is 58.8. The van der Waals surface area contributed by atoms with Crippen LogP contribution < -0.4 is 0 Å². The van der Waals surface area contributed by atoms with E-state index in [2.05, 4.69) is 130 Å². The van der Waals surface area contributed by atoms with E-state index in [4.69, 9.17) is 23.3 Å². The number of ether oxygens (including phenoxy) is 3. The number of allylic oxidation sites excluding steroid dienone is 18. The van der Waals surface area contributed by atoms with Gasteiger partial charge in [-0.15, -0.1) is 0 Å². The Hall–Kier alpha value is -3.86. The quantitative estimate of drug-likeness (QED) is 0.0197. The summed E-state index contributed by atoms with van der Waals surface area (Å²) < 4.78 is 39.6. The molecule has 11 nitrogen and oxygen atoms in total. The summed E-state index contributed by atoms with van der Waals surface area (Å²) >= 11 is 0. The first-order valence-electron chi connectivity index (χ1n) is 31.8. The van der Waals surface area contributed by atoms with Crippen LogP contribution in [-0.2, 0) is 42.2 Å². The zero-order valence-corrected chi connectivity index (χ0v) is 51.7. The van der Waals surface area contributed by atoms with Gasteiger partial charge in [0.15, 0.2) is 6.10 Å². The molecule has 0 aliphatic rings. The molecule has 80 heavy (non-hydrogen) atoms. The number of aliphatic hydroxyl groups is 1. The Morgan fingerprint density at radius 3 is 1.02 bits per heavy atom. The second-order valence-electron chi connectivity index (χ2n) is 20.8. The summed E-state index contributed by atoms with van der Waals surface area (Å²) in [6.45, 7) is 4.36. The lowest BCUT2D eigenvalue weighted by molar-refractivity contribution is -0.161. The highest BCUT2D eigenvalue weighted by molar-refractivity contribution is 7.47. The van der Waals surface area contributed by atoms with Crippen molar-refractivity contribution in [3.63, 3.8) is 0 Å². The smallest absolute Gasteiger partial charge is 0.462 e. The molecule has 0 aliphatic heterocycles. The lowest BCUT2D eigenvalue weighted by Gasteiger charge is -2.21. The molecule has 0 aromatic rings. The standard InChI is InChI=1S/C68H115O11P/c1-4-7-10-13-16-19-22-25-28-30-32-34-37-40-43-46-49-52-55-58-67(71)78-64(60-69)62-76-80(73,74)77-63-65(61-75-66(70)57-54-51-48-45-42-39-36-27-24-21-18-15-12-9-6-3)79-68(72)59-56-53-50-47-44-41-38-35-33-31-29-26-23-20-17-14-11-8-5-2/h8-9,11-12,17-18,20-21,26-27,29,33,35-36,41-42,44-45,64-65,69H,4-7,10,13-16,19,22-25,28,30-32,34,37-40,43,46-63H2,1-3H3,(H,73,74)/b11-8-,12-9-,20-17-,21-18-,29-26-,35-33-,36-27-,44-41-,45-42-. The minimum absolute atomic E-state index is 0.115. The zero-order valence-electron chi connectivity index (χ0n) is 50.8. The fraction of sp³-hybridized carbons (Fsp3) is 0.691. The lowest BCUT2D eigenvalue weighted by atomic mass is 10.0. The predicted octanol–water partition coefficient (Wildman–Crippen LogP) is 19.4. The number of phosphoric ester groups is 1. The number of aliphatic hydroxyl groups excluding tert-OH is 1. The van der Waals surface area contributed by atoms with Crippen LogP contribution in [0.4, 0.5) is 0 Å². The van der Waals surface area contributed by atoms with E-state index in [-0.39, 0.29) is 25.9 Å². The van der Waals surface area contributed by atoms with Crippen LogP contribution in [-0.4, -0.2) is 66.5 Å². The van der Waals surface area contributed by atoms with Crippen LogP contribution in [0.2, 0.25) is 0 Å². The highest BCUT2D eigenvalue weighted by Crippen LogP contribution is 2.43. The Kier molecular flexibility index (Phi) is 58.3. The van der Waals surface area contributed by atoms with Gasteiger partial charge in [-0.05, 0) is 103 Å². The number of hydrogen-bond donors (Lipinski definition) is 2. The SMILES string of the molecule is CC/C=C\C/C=C\C/C=C\C/C=C\C/C=C\CCCCCC(=O)OC(COC(=O)CCCC/C=C\C/C=C\C/C=C\C/C=C\CC)COP(=O)(O)OCC(CO)OC(=O)CCCCCCCCCCCCCCCCCCCCC. The van der Waals surface area contributed by atoms with Gasteiger partial charge in [-0.1, -0.05) is 252 Å². The van der Waals surface area contributed by atoms with Crippen LogP contribution >= 0.6 is 7.82 Å². The normalized spacial score (nSPS) is 14.0. The molecular weight excluding hydrogens is 1020 g/mol. The highest BCUT2D eigenvalue weighted by Gasteiger charge is 2.28. The first-order valence-corrected chi connectivity index (χ1v) is 33.3. The summed E-state index contributed by atoms with van der Waals surface area (Å²) in [4.78, 5) is 48.7. The van der Waals surface area contributed by atoms with Crippen molar-refractivity contribution in [3.05, 3.63) is 109 Å². The second-order valence-corrected chi connectivity index (χ2v) is 22.3. The van der Waals surface area contributed by atoms with Crippen LogP contribution in [0.5, 0.6) is 0 Å². The van der Waals surface area contributed by atoms with Crippen LogP contribution in [0.15, 0.2) is 109 Å². The average Bonchev–Trinajstić information content (AvgIpc) is 3.45. The summed E-state index contributed by atoms with van der Waals surface area (Å²) in [7, 11) is -4.78. The van der Waals surface area contributed by atoms with Crippen LogP contribution in [0.1, 0.15) is 265 Å². The number of carbonyl (C=O) groups is 3. The molecule has 0 radical (unpaired) electrons. The van der Waals surface area contributed by atoms with Crippen molar-refractivity contribution in [2.45, 2.75) is 277 Å². The molecule has 0 aromatic carbocycles. The Morgan fingerprint density at radius 2 is 0.650 bits per heavy atom. The molecule has 0 saturated heterocycles. The topological polar surface area (TPSA) is 155 Å². The molecule has 0 amide bonds. The van der Waals surface area contributed by atoms with Gasteiger partial charge in [-0.2, -0.15) is 0 Å². The molecule has 0 spiro atoms. The third-order valence-electron chi connectivity index (χ3n) is 13.2. The van der Waals surface area contributed by atoms with Gasteiger partial charge >= 0.3 is 25.7 Å². The van der Waals surface area contributed by atoms with Crippen molar-refractivity contribution in [2.24, 2.45) is 0 Å². The fourth-order valence-electron chi connectivity index (χ4n) is 8.43. The van der Waals surface area contributed by atoms with Gasteiger partial charge in [0.1, 0.15) is 12.7 Å². The molecule has 0 aliphatic carbocycles. The van der Waals surface area contributed by atoms with Crippen LogP contribution in [0, 0.1) is 0 Å². The van der Waals surface area contributed by atoms with Crippen molar-refractivity contribution in [3.8, 4) is 0 Å². The van der Waals surface area contributed by atoms with E-state index in [9.17, 15) is 28.9 Å². The van der Waals surface area contributed by atoms with Gasteiger partial charge in [0.2, 0.25) is 0 Å². The molecule has 2 N–H and O–H groups in total. The molecular formula is C68H115O11P. The van der Waals surface area contributed by atoms with Crippen molar-refractivity contribution in [1.29, 1.82) is 0 Å². The second kappa shape index (κ2) is 61.2. The largest absolute Gasteiger partial charge is 0.472 e. The Bertz CT molecular complexity index is 1760. The minimum atomic E-state index is -4.78. The van der Waals surface area contributed by atoms with Crippen molar-refractivity contribution >= 4 is 25.7 Å². The molecule has 0 saturated carbocycles.